The quantitative estimate of drug-likeness (QED) is 0.518. The molecule has 0 saturated heterocycles. The molecule has 7 heteroatoms. The molecule has 7 nitrogen and oxygen atoms in total. The van der Waals surface area contributed by atoms with Gasteiger partial charge in [0.05, 0.1) is 0 Å². The molecule has 2 heterocycles. The molecule has 0 spiro atoms. The summed E-state index contributed by atoms with van der Waals surface area (Å²) in [6, 6.07) is 0. The molecular formula is C6H8N6O. The summed E-state index contributed by atoms with van der Waals surface area (Å²) in [5.74, 6) is 0.267. The zero-order chi connectivity index (χ0) is 9.59. The largest absolute Gasteiger partial charge is 0.391 e. The second kappa shape index (κ2) is 2.22. The Kier molecular flexibility index (Phi) is 1.30. The second-order valence-corrected chi connectivity index (χ2v) is 2.65. The summed E-state index contributed by atoms with van der Waals surface area (Å²) in [5, 5.41) is 0. The Bertz CT molecular complexity index is 524. The van der Waals surface area contributed by atoms with Gasteiger partial charge in [-0.15, -0.1) is 0 Å². The van der Waals surface area contributed by atoms with Crippen molar-refractivity contribution in [3.63, 3.8) is 0 Å². The normalized spacial score (nSPS) is 10.8. The number of hydrogen-bond donors (Lipinski definition) is 2. The van der Waals surface area contributed by atoms with Crippen molar-refractivity contribution in [3.8, 4) is 0 Å². The molecule has 0 bridgehead atoms. The standard InChI is InChI=1S/C6H8N6O/c1-11-2-9-6-10-4(8)3(7)5(13)12(6)11/h2H,7-8H2,1H3. The van der Waals surface area contributed by atoms with Crippen molar-refractivity contribution < 1.29 is 0 Å². The van der Waals surface area contributed by atoms with Crippen LogP contribution in [0.25, 0.3) is 5.78 Å². The molecule has 0 aliphatic heterocycles. The van der Waals surface area contributed by atoms with Crippen molar-refractivity contribution in [1.82, 2.24) is 19.2 Å². The first kappa shape index (κ1) is 7.59. The number of rotatable bonds is 0. The van der Waals surface area contributed by atoms with Crippen LogP contribution in [0.1, 0.15) is 0 Å². The highest BCUT2D eigenvalue weighted by Gasteiger charge is 2.09. The van der Waals surface area contributed by atoms with E-state index in [0.717, 1.165) is 0 Å². The van der Waals surface area contributed by atoms with Gasteiger partial charge in [-0.1, -0.05) is 0 Å². The average Bonchev–Trinajstić information content (AvgIpc) is 2.43. The molecule has 0 aliphatic carbocycles. The Labute approximate surface area is 72.6 Å². The SMILES string of the molecule is Cn1cnc2nc(N)c(N)c(=O)n21. The lowest BCUT2D eigenvalue weighted by atomic mass is 10.5. The van der Waals surface area contributed by atoms with Crippen molar-refractivity contribution in [2.75, 3.05) is 11.5 Å². The Balaban J connectivity index is 3.06. The topological polar surface area (TPSA) is 104 Å². The zero-order valence-corrected chi connectivity index (χ0v) is 6.93. The Hall–Kier alpha value is -2.05. The van der Waals surface area contributed by atoms with Crippen LogP contribution in [0.15, 0.2) is 11.1 Å². The lowest BCUT2D eigenvalue weighted by Gasteiger charge is -2.00. The maximum absolute atomic E-state index is 11.5. The first-order valence-electron chi connectivity index (χ1n) is 3.56. The van der Waals surface area contributed by atoms with Crippen LogP contribution in [0.2, 0.25) is 0 Å². The molecule has 0 radical (unpaired) electrons. The molecule has 0 fully saturated rings. The maximum atomic E-state index is 11.5. The Morgan fingerprint density at radius 3 is 2.85 bits per heavy atom. The first-order chi connectivity index (χ1) is 6.11. The van der Waals surface area contributed by atoms with Gasteiger partial charge in [-0.05, 0) is 0 Å². The molecule has 2 rings (SSSR count). The van der Waals surface area contributed by atoms with Crippen molar-refractivity contribution in [3.05, 3.63) is 16.7 Å². The van der Waals surface area contributed by atoms with E-state index in [1.807, 2.05) is 0 Å². The van der Waals surface area contributed by atoms with E-state index in [4.69, 9.17) is 11.5 Å². The van der Waals surface area contributed by atoms with Crippen LogP contribution < -0.4 is 17.0 Å². The van der Waals surface area contributed by atoms with Gasteiger partial charge in [0.25, 0.3) is 11.3 Å². The minimum atomic E-state index is -0.400. The summed E-state index contributed by atoms with van der Waals surface area (Å²) in [4.78, 5) is 19.2. The highest BCUT2D eigenvalue weighted by Crippen LogP contribution is 2.04. The Morgan fingerprint density at radius 1 is 1.46 bits per heavy atom. The van der Waals surface area contributed by atoms with Crippen LogP contribution in [0, 0.1) is 0 Å². The highest BCUT2D eigenvalue weighted by atomic mass is 16.1. The Morgan fingerprint density at radius 2 is 2.15 bits per heavy atom. The van der Waals surface area contributed by atoms with Gasteiger partial charge < -0.3 is 11.5 Å². The van der Waals surface area contributed by atoms with E-state index in [1.165, 1.54) is 15.5 Å². The van der Waals surface area contributed by atoms with E-state index in [0.29, 0.717) is 0 Å². The van der Waals surface area contributed by atoms with Crippen molar-refractivity contribution >= 4 is 17.3 Å². The molecule has 68 valence electrons. The van der Waals surface area contributed by atoms with E-state index in [2.05, 4.69) is 9.97 Å². The number of fused-ring (bicyclic) bond motifs is 1. The van der Waals surface area contributed by atoms with Crippen molar-refractivity contribution in [2.24, 2.45) is 7.05 Å². The maximum Gasteiger partial charge on any atom is 0.299 e. The predicted molar refractivity (Wildman–Crippen MR) is 47.1 cm³/mol. The molecule has 2 aromatic rings. The molecular weight excluding hydrogens is 172 g/mol. The van der Waals surface area contributed by atoms with Gasteiger partial charge in [0.1, 0.15) is 12.0 Å². The lowest BCUT2D eigenvalue weighted by Crippen LogP contribution is -2.24. The third kappa shape index (κ3) is 0.866. The third-order valence-electron chi connectivity index (χ3n) is 1.76. The molecule has 0 atom stereocenters. The predicted octanol–water partition coefficient (Wildman–Crippen LogP) is -1.41. The molecule has 0 aliphatic rings. The fraction of sp³-hybridized carbons (Fsp3) is 0.167. The summed E-state index contributed by atoms with van der Waals surface area (Å²) in [6.45, 7) is 0. The van der Waals surface area contributed by atoms with Crippen LogP contribution >= 0.6 is 0 Å². The zero-order valence-electron chi connectivity index (χ0n) is 6.93. The summed E-state index contributed by atoms with van der Waals surface area (Å²) in [5.41, 5.74) is 10.4. The molecule has 0 saturated carbocycles. The van der Waals surface area contributed by atoms with Crippen LogP contribution in [-0.4, -0.2) is 19.2 Å². The minimum Gasteiger partial charge on any atom is -0.391 e. The number of nitrogen functional groups attached to an aromatic ring is 2. The number of nitrogens with zero attached hydrogens (tertiary/aromatic N) is 4. The fourth-order valence-electron chi connectivity index (χ4n) is 1.08. The van der Waals surface area contributed by atoms with Crippen LogP contribution in [0.5, 0.6) is 0 Å². The van der Waals surface area contributed by atoms with Crippen LogP contribution in [0.4, 0.5) is 11.5 Å². The average molecular weight is 180 g/mol. The highest BCUT2D eigenvalue weighted by molar-refractivity contribution is 5.59. The first-order valence-corrected chi connectivity index (χ1v) is 3.56. The molecule has 2 aromatic heterocycles. The van der Waals surface area contributed by atoms with Crippen LogP contribution in [-0.2, 0) is 7.05 Å². The monoisotopic (exact) mass is 180 g/mol. The van der Waals surface area contributed by atoms with E-state index in [1.54, 1.807) is 7.05 Å². The van der Waals surface area contributed by atoms with Gasteiger partial charge in [0.2, 0.25) is 0 Å². The number of hydrogen-bond acceptors (Lipinski definition) is 5. The minimum absolute atomic E-state index is 0.0173. The van der Waals surface area contributed by atoms with Gasteiger partial charge in [-0.2, -0.15) is 14.5 Å². The van der Waals surface area contributed by atoms with Gasteiger partial charge >= 0.3 is 0 Å². The third-order valence-corrected chi connectivity index (χ3v) is 1.76. The number of nitrogens with two attached hydrogens (primary N) is 2. The van der Waals surface area contributed by atoms with E-state index < -0.39 is 5.56 Å². The fourth-order valence-corrected chi connectivity index (χ4v) is 1.08. The van der Waals surface area contributed by atoms with E-state index >= 15 is 0 Å². The summed E-state index contributed by atoms with van der Waals surface area (Å²) in [6.07, 6.45) is 1.46. The summed E-state index contributed by atoms with van der Waals surface area (Å²) >= 11 is 0. The number of aromatic nitrogens is 4. The van der Waals surface area contributed by atoms with Gasteiger partial charge in [0.15, 0.2) is 5.82 Å². The van der Waals surface area contributed by atoms with Gasteiger partial charge in [-0.3, -0.25) is 9.48 Å². The number of anilines is 2. The van der Waals surface area contributed by atoms with Gasteiger partial charge in [0, 0.05) is 7.05 Å². The van der Waals surface area contributed by atoms with Crippen LogP contribution in [0.3, 0.4) is 0 Å². The van der Waals surface area contributed by atoms with Crippen molar-refractivity contribution in [2.45, 2.75) is 0 Å². The lowest BCUT2D eigenvalue weighted by molar-refractivity contribution is 0.682. The van der Waals surface area contributed by atoms with E-state index in [-0.39, 0.29) is 17.3 Å². The summed E-state index contributed by atoms with van der Waals surface area (Å²) < 4.78 is 2.73. The summed E-state index contributed by atoms with van der Waals surface area (Å²) in [7, 11) is 1.67. The second-order valence-electron chi connectivity index (χ2n) is 2.65. The molecule has 4 N–H and O–H groups in total. The number of aryl methyl sites for hydroxylation is 1. The smallest absolute Gasteiger partial charge is 0.299 e. The molecule has 0 unspecified atom stereocenters. The van der Waals surface area contributed by atoms with E-state index in [9.17, 15) is 4.79 Å². The van der Waals surface area contributed by atoms with Crippen molar-refractivity contribution in [1.29, 1.82) is 0 Å². The molecule has 0 aromatic carbocycles. The molecule has 13 heavy (non-hydrogen) atoms. The molecule has 0 amide bonds. The van der Waals surface area contributed by atoms with Gasteiger partial charge in [-0.25, -0.2) is 0 Å².